The van der Waals surface area contributed by atoms with E-state index < -0.39 is 9.84 Å². The van der Waals surface area contributed by atoms with E-state index in [1.165, 1.54) is 31.9 Å². The zero-order chi connectivity index (χ0) is 19.0. The Labute approximate surface area is 180 Å². The molecule has 0 unspecified atom stereocenters. The van der Waals surface area contributed by atoms with Crippen molar-refractivity contribution in [3.05, 3.63) is 24.3 Å². The van der Waals surface area contributed by atoms with Crippen LogP contribution in [0.25, 0.3) is 0 Å². The van der Waals surface area contributed by atoms with Crippen LogP contribution in [-0.4, -0.2) is 46.9 Å². The summed E-state index contributed by atoms with van der Waals surface area (Å²) in [4.78, 5) is 5.03. The van der Waals surface area contributed by atoms with Crippen molar-refractivity contribution < 1.29 is 13.2 Å². The molecule has 27 heavy (non-hydrogen) atoms. The van der Waals surface area contributed by atoms with Crippen molar-refractivity contribution in [3.63, 3.8) is 0 Å². The Morgan fingerprint density at radius 3 is 2.33 bits per heavy atom. The molecule has 0 radical (unpaired) electrons. The van der Waals surface area contributed by atoms with Gasteiger partial charge in [0.25, 0.3) is 0 Å². The van der Waals surface area contributed by atoms with Gasteiger partial charge in [-0.25, -0.2) is 8.42 Å². The van der Waals surface area contributed by atoms with E-state index in [2.05, 4.69) is 24.5 Å². The Morgan fingerprint density at radius 2 is 1.85 bits per heavy atom. The summed E-state index contributed by atoms with van der Waals surface area (Å²) in [7, 11) is -3.17. The van der Waals surface area contributed by atoms with Crippen LogP contribution in [0, 0.1) is 5.41 Å². The zero-order valence-electron chi connectivity index (χ0n) is 16.5. The molecule has 0 aromatic heterocycles. The molecule has 1 saturated carbocycles. The van der Waals surface area contributed by atoms with Gasteiger partial charge in [-0.3, -0.25) is 4.99 Å². The van der Waals surface area contributed by atoms with Crippen LogP contribution >= 0.6 is 24.0 Å². The first-order chi connectivity index (χ1) is 12.4. The van der Waals surface area contributed by atoms with Gasteiger partial charge in [0.1, 0.15) is 12.4 Å². The monoisotopic (exact) mass is 509 g/mol. The van der Waals surface area contributed by atoms with Crippen LogP contribution in [0.5, 0.6) is 5.75 Å². The van der Waals surface area contributed by atoms with Gasteiger partial charge in [0.2, 0.25) is 0 Å². The normalized spacial score (nSPS) is 16.0. The maximum Gasteiger partial charge on any atom is 0.191 e. The highest BCUT2D eigenvalue weighted by Crippen LogP contribution is 2.43. The van der Waals surface area contributed by atoms with Gasteiger partial charge in [-0.05, 0) is 55.9 Å². The lowest BCUT2D eigenvalue weighted by atomic mass is 9.67. The number of hydrogen-bond acceptors (Lipinski definition) is 4. The van der Waals surface area contributed by atoms with Crippen LogP contribution in [0.4, 0.5) is 0 Å². The fourth-order valence-electron chi connectivity index (χ4n) is 3.01. The molecule has 0 saturated heterocycles. The van der Waals surface area contributed by atoms with Gasteiger partial charge >= 0.3 is 0 Å². The number of hydrogen-bond donors (Lipinski definition) is 2. The highest BCUT2D eigenvalue weighted by atomic mass is 127. The minimum absolute atomic E-state index is 0. The second kappa shape index (κ2) is 11.1. The molecule has 154 valence electrons. The summed E-state index contributed by atoms with van der Waals surface area (Å²) in [5.74, 6) is 1.48. The third kappa shape index (κ3) is 7.48. The molecule has 0 atom stereocenters. The maximum atomic E-state index is 11.4. The summed E-state index contributed by atoms with van der Waals surface area (Å²) < 4.78 is 28.6. The van der Waals surface area contributed by atoms with E-state index >= 15 is 0 Å². The molecular weight excluding hydrogens is 477 g/mol. The number of rotatable bonds is 9. The number of guanidine groups is 1. The molecule has 8 heteroatoms. The Kier molecular flexibility index (Phi) is 9.86. The summed E-state index contributed by atoms with van der Waals surface area (Å²) in [5.41, 5.74) is 0.403. The topological polar surface area (TPSA) is 79.8 Å². The van der Waals surface area contributed by atoms with Gasteiger partial charge < -0.3 is 15.4 Å². The van der Waals surface area contributed by atoms with Crippen LogP contribution < -0.4 is 15.4 Å². The second-order valence-corrected chi connectivity index (χ2v) is 8.94. The summed E-state index contributed by atoms with van der Waals surface area (Å²) in [6.07, 6.45) is 6.25. The largest absolute Gasteiger partial charge is 0.492 e. The van der Waals surface area contributed by atoms with E-state index in [9.17, 15) is 8.42 Å². The fourth-order valence-corrected chi connectivity index (χ4v) is 3.64. The minimum Gasteiger partial charge on any atom is -0.492 e. The van der Waals surface area contributed by atoms with Crippen LogP contribution in [0.15, 0.2) is 34.2 Å². The number of nitrogens with one attached hydrogen (secondary N) is 2. The van der Waals surface area contributed by atoms with Gasteiger partial charge in [0.05, 0.1) is 11.4 Å². The Bertz CT molecular complexity index is 696. The molecule has 0 aliphatic heterocycles. The van der Waals surface area contributed by atoms with E-state index in [4.69, 9.17) is 9.73 Å². The van der Waals surface area contributed by atoms with Crippen molar-refractivity contribution in [3.8, 4) is 5.75 Å². The number of benzene rings is 1. The van der Waals surface area contributed by atoms with Crippen molar-refractivity contribution in [2.75, 3.05) is 32.5 Å². The maximum absolute atomic E-state index is 11.4. The van der Waals surface area contributed by atoms with Crippen LogP contribution in [0.3, 0.4) is 0 Å². The molecular formula is C19H32IN3O3S. The third-order valence-electron chi connectivity index (χ3n) is 5.00. The van der Waals surface area contributed by atoms with Gasteiger partial charge in [-0.2, -0.15) is 0 Å². The molecule has 2 rings (SSSR count). The molecule has 2 N–H and O–H groups in total. The van der Waals surface area contributed by atoms with Gasteiger partial charge in [-0.15, -0.1) is 24.0 Å². The van der Waals surface area contributed by atoms with Crippen LogP contribution in [-0.2, 0) is 9.84 Å². The molecule has 1 aliphatic carbocycles. The quantitative estimate of drug-likeness (QED) is 0.231. The molecule has 0 spiro atoms. The Balaban J connectivity index is 0.00000364. The number of sulfone groups is 1. The Morgan fingerprint density at radius 1 is 1.19 bits per heavy atom. The predicted molar refractivity (Wildman–Crippen MR) is 121 cm³/mol. The molecule has 1 aromatic carbocycles. The predicted octanol–water partition coefficient (Wildman–Crippen LogP) is 3.22. The smallest absolute Gasteiger partial charge is 0.191 e. The van der Waals surface area contributed by atoms with E-state index in [1.54, 1.807) is 24.3 Å². The average Bonchev–Trinajstić information content (AvgIpc) is 2.57. The van der Waals surface area contributed by atoms with Crippen molar-refractivity contribution >= 4 is 39.8 Å². The summed E-state index contributed by atoms with van der Waals surface area (Å²) in [5, 5.41) is 6.56. The van der Waals surface area contributed by atoms with Crippen molar-refractivity contribution in [1.29, 1.82) is 0 Å². The first-order valence-electron chi connectivity index (χ1n) is 9.34. The number of halogens is 1. The number of aliphatic imine (C=N–C) groups is 1. The lowest BCUT2D eigenvalue weighted by molar-refractivity contribution is 0.139. The molecule has 0 bridgehead atoms. The number of ether oxygens (including phenoxy) is 1. The number of nitrogens with zero attached hydrogens (tertiary/aromatic N) is 1. The van der Waals surface area contributed by atoms with Gasteiger partial charge in [0, 0.05) is 19.3 Å². The highest BCUT2D eigenvalue weighted by Gasteiger charge is 2.34. The Hall–Kier alpha value is -1.03. The summed E-state index contributed by atoms with van der Waals surface area (Å²) in [6, 6.07) is 6.48. The molecule has 0 amide bonds. The van der Waals surface area contributed by atoms with Crippen molar-refractivity contribution in [2.24, 2.45) is 10.4 Å². The van der Waals surface area contributed by atoms with Crippen LogP contribution in [0.2, 0.25) is 0 Å². The molecule has 0 heterocycles. The molecule has 1 fully saturated rings. The van der Waals surface area contributed by atoms with E-state index in [0.717, 1.165) is 19.0 Å². The summed E-state index contributed by atoms with van der Waals surface area (Å²) >= 11 is 0. The van der Waals surface area contributed by atoms with Crippen molar-refractivity contribution in [2.45, 2.75) is 44.4 Å². The second-order valence-electron chi connectivity index (χ2n) is 6.92. The lowest BCUT2D eigenvalue weighted by Crippen LogP contribution is -2.41. The molecule has 1 aliphatic rings. The van der Waals surface area contributed by atoms with Crippen LogP contribution in [0.1, 0.15) is 39.5 Å². The first kappa shape index (κ1) is 24.0. The van der Waals surface area contributed by atoms with Gasteiger partial charge in [0.15, 0.2) is 15.8 Å². The molecule has 6 nitrogen and oxygen atoms in total. The van der Waals surface area contributed by atoms with Gasteiger partial charge in [-0.1, -0.05) is 13.3 Å². The third-order valence-corrected chi connectivity index (χ3v) is 6.12. The van der Waals surface area contributed by atoms with Crippen molar-refractivity contribution in [1.82, 2.24) is 10.6 Å². The lowest BCUT2D eigenvalue weighted by Gasteiger charge is -2.40. The SMILES string of the molecule is CCNC(=NCC1(CC)CCC1)NCCOc1ccc(S(C)(=O)=O)cc1.I. The fraction of sp³-hybridized carbons (Fsp3) is 0.632. The van der Waals surface area contributed by atoms with E-state index in [1.807, 2.05) is 0 Å². The average molecular weight is 509 g/mol. The first-order valence-corrected chi connectivity index (χ1v) is 11.2. The summed E-state index contributed by atoms with van der Waals surface area (Å²) in [6.45, 7) is 7.08. The van der Waals surface area contributed by atoms with E-state index in [0.29, 0.717) is 29.2 Å². The standard InChI is InChI=1S/C19H31N3O3S.HI/c1-4-19(11-6-12-19)15-22-18(20-5-2)21-13-14-25-16-7-9-17(10-8-16)26(3,23)24;/h7-10H,4-6,11-15H2,1-3H3,(H2,20,21,22);1H. The minimum atomic E-state index is -3.17. The van der Waals surface area contributed by atoms with E-state index in [-0.39, 0.29) is 24.0 Å². The highest BCUT2D eigenvalue weighted by molar-refractivity contribution is 14.0. The molecule has 1 aromatic rings. The zero-order valence-corrected chi connectivity index (χ0v) is 19.6.